The Morgan fingerprint density at radius 3 is 2.38 bits per heavy atom. The number of likely N-dealkylation sites (N-methyl/N-ethyl adjacent to an activating group) is 1. The third kappa shape index (κ3) is 4.96. The summed E-state index contributed by atoms with van der Waals surface area (Å²) in [4.78, 5) is 25.6. The molecule has 0 aliphatic heterocycles. The number of rotatable bonds is 5. The quantitative estimate of drug-likeness (QED) is 0.799. The van der Waals surface area contributed by atoms with Crippen LogP contribution in [0.4, 0.5) is 10.5 Å². The number of carbonyl (C=O) groups is 2. The molecule has 0 fully saturated rings. The Morgan fingerprint density at radius 1 is 1.08 bits per heavy atom. The highest BCUT2D eigenvalue weighted by molar-refractivity contribution is 6.43. The molecule has 7 heteroatoms. The number of hydrogen-bond acceptors (Lipinski definition) is 4. The van der Waals surface area contributed by atoms with Crippen molar-refractivity contribution in [3.8, 4) is 5.75 Å². The zero-order valence-corrected chi connectivity index (χ0v) is 14.7. The van der Waals surface area contributed by atoms with Crippen LogP contribution in [0.15, 0.2) is 42.5 Å². The maximum Gasteiger partial charge on any atom is 0.417 e. The van der Waals surface area contributed by atoms with Gasteiger partial charge in [-0.15, -0.1) is 0 Å². The third-order valence-electron chi connectivity index (χ3n) is 3.04. The minimum atomic E-state index is -0.702. The van der Waals surface area contributed by atoms with Crippen LogP contribution < -0.4 is 10.1 Å². The highest BCUT2D eigenvalue weighted by atomic mass is 35.5. The van der Waals surface area contributed by atoms with E-state index in [2.05, 4.69) is 5.32 Å². The molecule has 0 saturated carbocycles. The zero-order chi connectivity index (χ0) is 17.7. The first kappa shape index (κ1) is 18.3. The van der Waals surface area contributed by atoms with Crippen LogP contribution in [0.3, 0.4) is 0 Å². The van der Waals surface area contributed by atoms with Crippen LogP contribution in [0.1, 0.15) is 10.4 Å². The third-order valence-corrected chi connectivity index (χ3v) is 3.85. The Balaban J connectivity index is 1.99. The number of carbonyl (C=O) groups excluding carboxylic acids is 2. The number of amides is 1. The van der Waals surface area contributed by atoms with Crippen molar-refractivity contribution in [3.05, 3.63) is 58.1 Å². The maximum absolute atomic E-state index is 11.9. The second kappa shape index (κ2) is 8.15. The largest absolute Gasteiger partial charge is 0.417 e. The molecule has 0 aliphatic rings. The summed E-state index contributed by atoms with van der Waals surface area (Å²) < 4.78 is 5.16. The molecule has 5 nitrogen and oxygen atoms in total. The zero-order valence-electron chi connectivity index (χ0n) is 13.2. The SMILES string of the molecule is CN(C)CC(=O)c1ccc(OC(=O)Nc2cccc(Cl)c2Cl)cc1. The van der Waals surface area contributed by atoms with E-state index in [-0.39, 0.29) is 10.8 Å². The fourth-order valence-corrected chi connectivity index (χ4v) is 2.28. The van der Waals surface area contributed by atoms with Crippen molar-refractivity contribution in [2.75, 3.05) is 26.0 Å². The molecule has 0 aliphatic carbocycles. The van der Waals surface area contributed by atoms with E-state index >= 15 is 0 Å². The molecule has 0 bridgehead atoms. The summed E-state index contributed by atoms with van der Waals surface area (Å²) in [7, 11) is 3.64. The fourth-order valence-electron chi connectivity index (χ4n) is 1.93. The minimum absolute atomic E-state index is 0.0123. The van der Waals surface area contributed by atoms with E-state index < -0.39 is 6.09 Å². The predicted molar refractivity (Wildman–Crippen MR) is 95.4 cm³/mol. The van der Waals surface area contributed by atoms with Crippen molar-refractivity contribution in [1.29, 1.82) is 0 Å². The van der Waals surface area contributed by atoms with Gasteiger partial charge in [-0.1, -0.05) is 29.3 Å². The van der Waals surface area contributed by atoms with Gasteiger partial charge in [-0.3, -0.25) is 10.1 Å². The molecule has 0 heterocycles. The van der Waals surface area contributed by atoms with Gasteiger partial charge in [0.25, 0.3) is 0 Å². The number of benzene rings is 2. The highest BCUT2D eigenvalue weighted by Crippen LogP contribution is 2.29. The van der Waals surface area contributed by atoms with Crippen LogP contribution in [0, 0.1) is 0 Å². The summed E-state index contributed by atoms with van der Waals surface area (Å²) >= 11 is 11.9. The molecule has 24 heavy (non-hydrogen) atoms. The smallest absolute Gasteiger partial charge is 0.410 e. The maximum atomic E-state index is 11.9. The molecule has 0 aromatic heterocycles. The molecule has 0 radical (unpaired) electrons. The van der Waals surface area contributed by atoms with Crippen molar-refractivity contribution in [3.63, 3.8) is 0 Å². The molecule has 0 spiro atoms. The van der Waals surface area contributed by atoms with Crippen molar-refractivity contribution in [1.82, 2.24) is 4.90 Å². The normalized spacial score (nSPS) is 10.5. The van der Waals surface area contributed by atoms with Crippen molar-refractivity contribution >= 4 is 40.8 Å². The first-order valence-corrected chi connectivity index (χ1v) is 7.83. The van der Waals surface area contributed by atoms with Gasteiger partial charge in [0.1, 0.15) is 5.75 Å². The molecule has 2 aromatic carbocycles. The van der Waals surface area contributed by atoms with E-state index in [1.807, 2.05) is 14.1 Å². The summed E-state index contributed by atoms with van der Waals surface area (Å²) in [6.45, 7) is 0.313. The van der Waals surface area contributed by atoms with Gasteiger partial charge < -0.3 is 9.64 Å². The summed E-state index contributed by atoms with van der Waals surface area (Å²) in [5.41, 5.74) is 0.904. The molecule has 0 atom stereocenters. The Labute approximate surface area is 150 Å². The lowest BCUT2D eigenvalue weighted by Crippen LogP contribution is -2.21. The number of anilines is 1. The first-order chi connectivity index (χ1) is 11.4. The van der Waals surface area contributed by atoms with E-state index in [9.17, 15) is 9.59 Å². The molecule has 2 rings (SSSR count). The topological polar surface area (TPSA) is 58.6 Å². The number of nitrogens with zero attached hydrogens (tertiary/aromatic N) is 1. The lowest BCUT2D eigenvalue weighted by molar-refractivity contribution is 0.0958. The van der Waals surface area contributed by atoms with Crippen LogP contribution in [-0.4, -0.2) is 37.4 Å². The molecule has 1 N–H and O–H groups in total. The highest BCUT2D eigenvalue weighted by Gasteiger charge is 2.11. The van der Waals surface area contributed by atoms with Crippen molar-refractivity contribution < 1.29 is 14.3 Å². The summed E-state index contributed by atoms with van der Waals surface area (Å²) in [5, 5.41) is 3.08. The van der Waals surface area contributed by atoms with Crippen LogP contribution in [0.25, 0.3) is 0 Å². The van der Waals surface area contributed by atoms with Gasteiger partial charge in [0, 0.05) is 5.56 Å². The number of halogens is 2. The van der Waals surface area contributed by atoms with Crippen molar-refractivity contribution in [2.45, 2.75) is 0 Å². The molecule has 1 amide bonds. The summed E-state index contributed by atoms with van der Waals surface area (Å²) in [6, 6.07) is 11.2. The number of hydrogen-bond donors (Lipinski definition) is 1. The van der Waals surface area contributed by atoms with Gasteiger partial charge >= 0.3 is 6.09 Å². The molecule has 0 saturated heterocycles. The van der Waals surface area contributed by atoms with E-state index in [1.165, 1.54) is 0 Å². The standard InChI is InChI=1S/C17H16Cl2N2O3/c1-21(2)10-15(22)11-6-8-12(9-7-11)24-17(23)20-14-5-3-4-13(18)16(14)19/h3-9H,10H2,1-2H3,(H,20,23). The van der Waals surface area contributed by atoms with Gasteiger partial charge in [0.15, 0.2) is 5.78 Å². The average molecular weight is 367 g/mol. The monoisotopic (exact) mass is 366 g/mol. The van der Waals surface area contributed by atoms with Crippen LogP contribution in [0.5, 0.6) is 5.75 Å². The van der Waals surface area contributed by atoms with Gasteiger partial charge in [0.05, 0.1) is 22.3 Å². The predicted octanol–water partition coefficient (Wildman–Crippen LogP) is 4.35. The summed E-state index contributed by atoms with van der Waals surface area (Å²) in [5.74, 6) is 0.300. The van der Waals surface area contributed by atoms with E-state index in [0.717, 1.165) is 0 Å². The first-order valence-electron chi connectivity index (χ1n) is 7.07. The Morgan fingerprint density at radius 2 is 1.75 bits per heavy atom. The van der Waals surface area contributed by atoms with Crippen LogP contribution >= 0.6 is 23.2 Å². The Kier molecular flexibility index (Phi) is 6.20. The lowest BCUT2D eigenvalue weighted by atomic mass is 10.1. The Bertz CT molecular complexity index is 746. The van der Waals surface area contributed by atoms with E-state index in [4.69, 9.17) is 27.9 Å². The number of ketones is 1. The van der Waals surface area contributed by atoms with Gasteiger partial charge in [-0.05, 0) is 50.5 Å². The molecule has 2 aromatic rings. The van der Waals surface area contributed by atoms with Crippen LogP contribution in [-0.2, 0) is 0 Å². The number of ether oxygens (including phenoxy) is 1. The second-order valence-corrected chi connectivity index (χ2v) is 6.09. The van der Waals surface area contributed by atoms with E-state index in [1.54, 1.807) is 47.4 Å². The molecular formula is C17H16Cl2N2O3. The average Bonchev–Trinajstić information content (AvgIpc) is 2.52. The van der Waals surface area contributed by atoms with Gasteiger partial charge in [0.2, 0.25) is 0 Å². The van der Waals surface area contributed by atoms with E-state index in [0.29, 0.717) is 28.6 Å². The van der Waals surface area contributed by atoms with Crippen LogP contribution in [0.2, 0.25) is 10.0 Å². The minimum Gasteiger partial charge on any atom is -0.410 e. The number of nitrogens with one attached hydrogen (secondary N) is 1. The molecule has 126 valence electrons. The number of Topliss-reactive ketones (excluding diaryl/α,β-unsaturated/α-hetero) is 1. The second-order valence-electron chi connectivity index (χ2n) is 5.30. The van der Waals surface area contributed by atoms with Gasteiger partial charge in [-0.25, -0.2) is 4.79 Å². The fraction of sp³-hybridized carbons (Fsp3) is 0.176. The molecule has 0 unspecified atom stereocenters. The summed E-state index contributed by atoms with van der Waals surface area (Å²) in [6.07, 6.45) is -0.702. The van der Waals surface area contributed by atoms with Crippen molar-refractivity contribution in [2.24, 2.45) is 0 Å². The Hall–Kier alpha value is -2.08. The van der Waals surface area contributed by atoms with Gasteiger partial charge in [-0.2, -0.15) is 0 Å². The lowest BCUT2D eigenvalue weighted by Gasteiger charge is -2.10. The molecular weight excluding hydrogens is 351 g/mol.